The average molecular weight is 374 g/mol. The van der Waals surface area contributed by atoms with Crippen molar-refractivity contribution < 1.29 is 8.42 Å². The standard InChI is InChI=1S/C18H16ClN3O2S/c19-17-9-5-4-6-14(17)12-20-15-10-11-18(21-13-15)22-25(23,24)16-7-2-1-3-8-16/h1-11,13,20H,12H2,(H,21,22). The molecule has 0 fully saturated rings. The number of hydrogen-bond acceptors (Lipinski definition) is 4. The summed E-state index contributed by atoms with van der Waals surface area (Å²) in [5.41, 5.74) is 1.74. The fourth-order valence-electron chi connectivity index (χ4n) is 2.19. The van der Waals surface area contributed by atoms with Gasteiger partial charge in [0, 0.05) is 11.6 Å². The molecule has 0 radical (unpaired) electrons. The van der Waals surface area contributed by atoms with Crippen molar-refractivity contribution in [1.82, 2.24) is 4.98 Å². The lowest BCUT2D eigenvalue weighted by Crippen LogP contribution is -2.13. The van der Waals surface area contributed by atoms with Gasteiger partial charge >= 0.3 is 0 Å². The van der Waals surface area contributed by atoms with Crippen LogP contribution in [-0.4, -0.2) is 13.4 Å². The van der Waals surface area contributed by atoms with Gasteiger partial charge in [0.25, 0.3) is 10.0 Å². The molecule has 3 rings (SSSR count). The predicted molar refractivity (Wildman–Crippen MR) is 100 cm³/mol. The first-order chi connectivity index (χ1) is 12.0. The fraction of sp³-hybridized carbons (Fsp3) is 0.0556. The highest BCUT2D eigenvalue weighted by Crippen LogP contribution is 2.18. The van der Waals surface area contributed by atoms with E-state index < -0.39 is 10.0 Å². The van der Waals surface area contributed by atoms with Gasteiger partial charge in [0.2, 0.25) is 0 Å². The zero-order valence-electron chi connectivity index (χ0n) is 13.2. The summed E-state index contributed by atoms with van der Waals surface area (Å²) in [5.74, 6) is 0.257. The molecule has 2 aromatic carbocycles. The van der Waals surface area contributed by atoms with Crippen molar-refractivity contribution in [1.29, 1.82) is 0 Å². The molecule has 0 aliphatic heterocycles. The number of rotatable bonds is 6. The second kappa shape index (κ2) is 7.55. The predicted octanol–water partition coefficient (Wildman–Crippen LogP) is 4.15. The van der Waals surface area contributed by atoms with E-state index >= 15 is 0 Å². The number of sulfonamides is 1. The molecule has 5 nitrogen and oxygen atoms in total. The first kappa shape index (κ1) is 17.3. The normalized spacial score (nSPS) is 11.1. The third-order valence-corrected chi connectivity index (χ3v) is 5.24. The molecule has 7 heteroatoms. The number of anilines is 2. The topological polar surface area (TPSA) is 71.1 Å². The largest absolute Gasteiger partial charge is 0.380 e. The molecule has 25 heavy (non-hydrogen) atoms. The smallest absolute Gasteiger partial charge is 0.263 e. The van der Waals surface area contributed by atoms with Crippen LogP contribution < -0.4 is 10.0 Å². The summed E-state index contributed by atoms with van der Waals surface area (Å²) < 4.78 is 27.0. The third kappa shape index (κ3) is 4.49. The molecule has 2 N–H and O–H groups in total. The number of halogens is 1. The van der Waals surface area contributed by atoms with Gasteiger partial charge in [-0.3, -0.25) is 4.72 Å². The van der Waals surface area contributed by atoms with E-state index in [2.05, 4.69) is 15.0 Å². The van der Waals surface area contributed by atoms with E-state index in [4.69, 9.17) is 11.6 Å². The van der Waals surface area contributed by atoms with Gasteiger partial charge in [-0.15, -0.1) is 0 Å². The summed E-state index contributed by atoms with van der Waals surface area (Å²) in [6.07, 6.45) is 1.57. The first-order valence-electron chi connectivity index (χ1n) is 7.56. The highest BCUT2D eigenvalue weighted by Gasteiger charge is 2.13. The van der Waals surface area contributed by atoms with Crippen LogP contribution in [0.4, 0.5) is 11.5 Å². The molecule has 3 aromatic rings. The zero-order valence-corrected chi connectivity index (χ0v) is 14.8. The maximum absolute atomic E-state index is 12.3. The SMILES string of the molecule is O=S(=O)(Nc1ccc(NCc2ccccc2Cl)cn1)c1ccccc1. The lowest BCUT2D eigenvalue weighted by atomic mass is 10.2. The molecule has 0 unspecified atom stereocenters. The van der Waals surface area contributed by atoms with Crippen LogP contribution in [0.2, 0.25) is 5.02 Å². The van der Waals surface area contributed by atoms with Gasteiger partial charge in [0.1, 0.15) is 5.82 Å². The lowest BCUT2D eigenvalue weighted by molar-refractivity contribution is 0.601. The quantitative estimate of drug-likeness (QED) is 0.681. The molecule has 0 bridgehead atoms. The molecule has 128 valence electrons. The van der Waals surface area contributed by atoms with Crippen LogP contribution in [0.3, 0.4) is 0 Å². The molecule has 0 aliphatic rings. The van der Waals surface area contributed by atoms with Gasteiger partial charge < -0.3 is 5.32 Å². The van der Waals surface area contributed by atoms with Crippen molar-refractivity contribution in [2.75, 3.05) is 10.0 Å². The molecule has 0 aliphatic carbocycles. The minimum Gasteiger partial charge on any atom is -0.380 e. The molecule has 0 atom stereocenters. The molecule has 0 spiro atoms. The lowest BCUT2D eigenvalue weighted by Gasteiger charge is -2.10. The molecule has 0 amide bonds. The average Bonchev–Trinajstić information content (AvgIpc) is 2.63. The Hall–Kier alpha value is -2.57. The van der Waals surface area contributed by atoms with Crippen molar-refractivity contribution in [3.05, 3.63) is 83.5 Å². The van der Waals surface area contributed by atoms with E-state index in [1.807, 2.05) is 24.3 Å². The molecule has 1 aromatic heterocycles. The summed E-state index contributed by atoms with van der Waals surface area (Å²) in [6, 6.07) is 19.1. The molecule has 0 saturated carbocycles. The van der Waals surface area contributed by atoms with Gasteiger partial charge in [-0.25, -0.2) is 13.4 Å². The molecule has 1 heterocycles. The second-order valence-electron chi connectivity index (χ2n) is 5.30. The Morgan fingerprint density at radius 2 is 1.64 bits per heavy atom. The van der Waals surface area contributed by atoms with Crippen LogP contribution in [-0.2, 0) is 16.6 Å². The van der Waals surface area contributed by atoms with E-state index in [0.29, 0.717) is 11.6 Å². The Labute approximate surface area is 151 Å². The van der Waals surface area contributed by atoms with Crippen LogP contribution in [0.15, 0.2) is 77.8 Å². The zero-order chi connectivity index (χ0) is 17.7. The molecular weight excluding hydrogens is 358 g/mol. The fourth-order valence-corrected chi connectivity index (χ4v) is 3.43. The van der Waals surface area contributed by atoms with Crippen LogP contribution in [0.1, 0.15) is 5.56 Å². The van der Waals surface area contributed by atoms with E-state index in [0.717, 1.165) is 11.3 Å². The van der Waals surface area contributed by atoms with Gasteiger partial charge in [-0.05, 0) is 35.9 Å². The van der Waals surface area contributed by atoms with E-state index in [1.165, 1.54) is 12.1 Å². The molecule has 0 saturated heterocycles. The van der Waals surface area contributed by atoms with Gasteiger partial charge in [0.15, 0.2) is 0 Å². The highest BCUT2D eigenvalue weighted by atomic mass is 35.5. The monoisotopic (exact) mass is 373 g/mol. The third-order valence-electron chi connectivity index (χ3n) is 3.50. The van der Waals surface area contributed by atoms with Gasteiger partial charge in [0.05, 0.1) is 16.8 Å². The maximum atomic E-state index is 12.3. The minimum absolute atomic E-state index is 0.192. The number of aromatic nitrogens is 1. The number of benzene rings is 2. The van der Waals surface area contributed by atoms with Gasteiger partial charge in [-0.1, -0.05) is 48.0 Å². The van der Waals surface area contributed by atoms with E-state index in [-0.39, 0.29) is 10.7 Å². The summed E-state index contributed by atoms with van der Waals surface area (Å²) in [5, 5.41) is 3.89. The van der Waals surface area contributed by atoms with Gasteiger partial charge in [-0.2, -0.15) is 0 Å². The summed E-state index contributed by atoms with van der Waals surface area (Å²) in [4.78, 5) is 4.33. The minimum atomic E-state index is -3.64. The number of hydrogen-bond donors (Lipinski definition) is 2. The summed E-state index contributed by atoms with van der Waals surface area (Å²) >= 11 is 6.11. The van der Waals surface area contributed by atoms with Crippen LogP contribution in [0, 0.1) is 0 Å². The molecular formula is C18H16ClN3O2S. The highest BCUT2D eigenvalue weighted by molar-refractivity contribution is 7.92. The van der Waals surface area contributed by atoms with Crippen LogP contribution >= 0.6 is 11.6 Å². The first-order valence-corrected chi connectivity index (χ1v) is 9.42. The summed E-state index contributed by atoms with van der Waals surface area (Å²) in [6.45, 7) is 0.552. The Bertz CT molecular complexity index is 946. The Morgan fingerprint density at radius 3 is 2.32 bits per heavy atom. The number of pyridine rings is 1. The van der Waals surface area contributed by atoms with Crippen LogP contribution in [0.5, 0.6) is 0 Å². The van der Waals surface area contributed by atoms with Crippen molar-refractivity contribution in [2.24, 2.45) is 0 Å². The van der Waals surface area contributed by atoms with E-state index in [1.54, 1.807) is 36.5 Å². The van der Waals surface area contributed by atoms with Crippen molar-refractivity contribution >= 4 is 33.1 Å². The summed E-state index contributed by atoms with van der Waals surface area (Å²) in [7, 11) is -3.64. The number of nitrogens with one attached hydrogen (secondary N) is 2. The van der Waals surface area contributed by atoms with Crippen LogP contribution in [0.25, 0.3) is 0 Å². The van der Waals surface area contributed by atoms with Crippen molar-refractivity contribution in [3.8, 4) is 0 Å². The Balaban J connectivity index is 1.65. The van der Waals surface area contributed by atoms with Crippen molar-refractivity contribution in [3.63, 3.8) is 0 Å². The Morgan fingerprint density at radius 1 is 0.920 bits per heavy atom. The maximum Gasteiger partial charge on any atom is 0.263 e. The van der Waals surface area contributed by atoms with E-state index in [9.17, 15) is 8.42 Å². The second-order valence-corrected chi connectivity index (χ2v) is 7.39. The Kier molecular flexibility index (Phi) is 5.21. The van der Waals surface area contributed by atoms with Crippen molar-refractivity contribution in [2.45, 2.75) is 11.4 Å². The number of nitrogens with zero attached hydrogens (tertiary/aromatic N) is 1.